The summed E-state index contributed by atoms with van der Waals surface area (Å²) in [5.74, 6) is 0.136. The number of nitrogens with zero attached hydrogens (tertiary/aromatic N) is 2. The highest BCUT2D eigenvalue weighted by Crippen LogP contribution is 2.12. The first-order valence-electron chi connectivity index (χ1n) is 7.73. The Morgan fingerprint density at radius 3 is 2.90 bits per heavy atom. The molecule has 1 atom stereocenters. The quantitative estimate of drug-likeness (QED) is 0.789. The number of rotatable bonds is 8. The molecule has 0 bridgehead atoms. The van der Waals surface area contributed by atoms with Crippen LogP contribution in [0.15, 0.2) is 24.4 Å². The van der Waals surface area contributed by atoms with Gasteiger partial charge in [0.05, 0.1) is 5.75 Å². The van der Waals surface area contributed by atoms with Crippen LogP contribution in [0.1, 0.15) is 31.9 Å². The summed E-state index contributed by atoms with van der Waals surface area (Å²) in [6.07, 6.45) is 5.22. The molecule has 6 heteroatoms. The van der Waals surface area contributed by atoms with Crippen molar-refractivity contribution in [2.75, 3.05) is 25.4 Å². The van der Waals surface area contributed by atoms with Crippen LogP contribution < -0.4 is 5.32 Å². The third-order valence-electron chi connectivity index (χ3n) is 3.80. The summed E-state index contributed by atoms with van der Waals surface area (Å²) in [5, 5.41) is 3.37. The van der Waals surface area contributed by atoms with Crippen LogP contribution in [0.5, 0.6) is 0 Å². The maximum atomic E-state index is 12.6. The molecule has 21 heavy (non-hydrogen) atoms. The Morgan fingerprint density at radius 2 is 2.29 bits per heavy atom. The minimum atomic E-state index is -3.22. The molecule has 1 saturated heterocycles. The second-order valence-corrected chi connectivity index (χ2v) is 7.63. The van der Waals surface area contributed by atoms with Crippen molar-refractivity contribution in [3.05, 3.63) is 30.1 Å². The van der Waals surface area contributed by atoms with Crippen LogP contribution >= 0.6 is 0 Å². The number of aromatic nitrogens is 1. The van der Waals surface area contributed by atoms with Crippen molar-refractivity contribution in [1.29, 1.82) is 0 Å². The summed E-state index contributed by atoms with van der Waals surface area (Å²) in [6.45, 7) is 4.21. The number of hydrogen-bond donors (Lipinski definition) is 1. The van der Waals surface area contributed by atoms with E-state index in [2.05, 4.69) is 10.3 Å². The summed E-state index contributed by atoms with van der Waals surface area (Å²) in [5.41, 5.74) is 0.830. The standard InChI is InChI=1S/C15H25N3O2S/c1-2-11-18(13-15-7-5-10-17-15)21(19,20)12-8-14-6-3-4-9-16-14/h3-4,6,9,15,17H,2,5,7-8,10-13H2,1H3. The first-order chi connectivity index (χ1) is 10.1. The number of pyridine rings is 1. The molecule has 1 fully saturated rings. The number of nitrogens with one attached hydrogen (secondary N) is 1. The fourth-order valence-electron chi connectivity index (χ4n) is 2.66. The molecular formula is C15H25N3O2S. The third kappa shape index (κ3) is 5.05. The van der Waals surface area contributed by atoms with Crippen LogP contribution in [0.25, 0.3) is 0 Å². The lowest BCUT2D eigenvalue weighted by atomic mass is 10.2. The van der Waals surface area contributed by atoms with Gasteiger partial charge in [-0.3, -0.25) is 4.98 Å². The largest absolute Gasteiger partial charge is 0.313 e. The predicted molar refractivity (Wildman–Crippen MR) is 84.6 cm³/mol. The molecular weight excluding hydrogens is 286 g/mol. The zero-order chi connectivity index (χ0) is 15.1. The van der Waals surface area contributed by atoms with E-state index < -0.39 is 10.0 Å². The molecule has 0 aliphatic carbocycles. The number of aryl methyl sites for hydroxylation is 1. The second-order valence-electron chi connectivity index (χ2n) is 5.54. The van der Waals surface area contributed by atoms with Crippen molar-refractivity contribution < 1.29 is 8.42 Å². The lowest BCUT2D eigenvalue weighted by Crippen LogP contribution is -2.42. The van der Waals surface area contributed by atoms with Gasteiger partial charge < -0.3 is 5.32 Å². The molecule has 5 nitrogen and oxygen atoms in total. The van der Waals surface area contributed by atoms with Gasteiger partial charge >= 0.3 is 0 Å². The zero-order valence-electron chi connectivity index (χ0n) is 12.7. The molecule has 0 spiro atoms. The topological polar surface area (TPSA) is 62.3 Å². The van der Waals surface area contributed by atoms with Crippen LogP contribution in [-0.2, 0) is 16.4 Å². The lowest BCUT2D eigenvalue weighted by molar-refractivity contribution is 0.369. The van der Waals surface area contributed by atoms with Crippen LogP contribution in [-0.4, -0.2) is 49.1 Å². The van der Waals surface area contributed by atoms with E-state index in [-0.39, 0.29) is 5.75 Å². The van der Waals surface area contributed by atoms with Gasteiger partial charge in [-0.1, -0.05) is 13.0 Å². The monoisotopic (exact) mass is 311 g/mol. The van der Waals surface area contributed by atoms with E-state index in [1.807, 2.05) is 25.1 Å². The highest BCUT2D eigenvalue weighted by molar-refractivity contribution is 7.89. The van der Waals surface area contributed by atoms with Gasteiger partial charge in [-0.2, -0.15) is 0 Å². The Balaban J connectivity index is 1.95. The van der Waals surface area contributed by atoms with E-state index in [1.54, 1.807) is 10.5 Å². The normalized spacial score (nSPS) is 19.2. The summed E-state index contributed by atoms with van der Waals surface area (Å²) >= 11 is 0. The van der Waals surface area contributed by atoms with Crippen LogP contribution in [0.2, 0.25) is 0 Å². The molecule has 1 aromatic rings. The third-order valence-corrected chi connectivity index (χ3v) is 5.63. The molecule has 1 aliphatic heterocycles. The van der Waals surface area contributed by atoms with E-state index in [0.717, 1.165) is 31.5 Å². The van der Waals surface area contributed by atoms with Crippen molar-refractivity contribution in [1.82, 2.24) is 14.6 Å². The molecule has 0 aromatic carbocycles. The average Bonchev–Trinajstić information content (AvgIpc) is 2.99. The first-order valence-corrected chi connectivity index (χ1v) is 9.34. The lowest BCUT2D eigenvalue weighted by Gasteiger charge is -2.24. The van der Waals surface area contributed by atoms with Crippen molar-refractivity contribution in [2.45, 2.75) is 38.6 Å². The maximum Gasteiger partial charge on any atom is 0.214 e. The van der Waals surface area contributed by atoms with Crippen LogP contribution in [0, 0.1) is 0 Å². The van der Waals surface area contributed by atoms with Crippen molar-refractivity contribution in [3.8, 4) is 0 Å². The SMILES string of the molecule is CCCN(CC1CCCN1)S(=O)(=O)CCc1ccccn1. The number of hydrogen-bond acceptors (Lipinski definition) is 4. The molecule has 0 saturated carbocycles. The second kappa shape index (κ2) is 7.87. The van der Waals surface area contributed by atoms with E-state index in [1.165, 1.54) is 0 Å². The van der Waals surface area contributed by atoms with Crippen LogP contribution in [0.3, 0.4) is 0 Å². The molecule has 1 N–H and O–H groups in total. The van der Waals surface area contributed by atoms with Gasteiger partial charge in [0, 0.05) is 37.4 Å². The van der Waals surface area contributed by atoms with Gasteiger partial charge in [0.1, 0.15) is 0 Å². The summed E-state index contributed by atoms with van der Waals surface area (Å²) in [7, 11) is -3.22. The van der Waals surface area contributed by atoms with Gasteiger partial charge in [0.25, 0.3) is 0 Å². The summed E-state index contributed by atoms with van der Waals surface area (Å²) in [6, 6.07) is 5.91. The summed E-state index contributed by atoms with van der Waals surface area (Å²) in [4.78, 5) is 4.20. The van der Waals surface area contributed by atoms with Gasteiger partial charge in [-0.05, 0) is 37.9 Å². The Bertz CT molecular complexity index is 513. The highest BCUT2D eigenvalue weighted by atomic mass is 32.2. The summed E-state index contributed by atoms with van der Waals surface area (Å²) < 4.78 is 26.8. The fraction of sp³-hybridized carbons (Fsp3) is 0.667. The van der Waals surface area contributed by atoms with E-state index >= 15 is 0 Å². The number of sulfonamides is 1. The van der Waals surface area contributed by atoms with E-state index in [4.69, 9.17) is 0 Å². The van der Waals surface area contributed by atoms with Gasteiger partial charge in [0.15, 0.2) is 0 Å². The zero-order valence-corrected chi connectivity index (χ0v) is 13.5. The Labute approximate surface area is 127 Å². The molecule has 0 radical (unpaired) electrons. The Hall–Kier alpha value is -0.980. The minimum absolute atomic E-state index is 0.136. The molecule has 1 unspecified atom stereocenters. The minimum Gasteiger partial charge on any atom is -0.313 e. The first kappa shape index (κ1) is 16.4. The van der Waals surface area contributed by atoms with Gasteiger partial charge in [-0.25, -0.2) is 12.7 Å². The molecule has 118 valence electrons. The van der Waals surface area contributed by atoms with E-state index in [9.17, 15) is 8.42 Å². The van der Waals surface area contributed by atoms with E-state index in [0.29, 0.717) is 25.6 Å². The van der Waals surface area contributed by atoms with Crippen molar-refractivity contribution in [3.63, 3.8) is 0 Å². The smallest absolute Gasteiger partial charge is 0.214 e. The van der Waals surface area contributed by atoms with Crippen molar-refractivity contribution >= 4 is 10.0 Å². The molecule has 1 aliphatic rings. The Kier molecular flexibility index (Phi) is 6.14. The fourth-order valence-corrected chi connectivity index (χ4v) is 4.25. The molecule has 0 amide bonds. The Morgan fingerprint density at radius 1 is 1.43 bits per heavy atom. The molecule has 2 rings (SSSR count). The molecule has 2 heterocycles. The van der Waals surface area contributed by atoms with Crippen molar-refractivity contribution in [2.24, 2.45) is 0 Å². The van der Waals surface area contributed by atoms with Gasteiger partial charge in [-0.15, -0.1) is 0 Å². The molecule has 1 aromatic heterocycles. The maximum absolute atomic E-state index is 12.6. The van der Waals surface area contributed by atoms with Gasteiger partial charge in [0.2, 0.25) is 10.0 Å². The average molecular weight is 311 g/mol. The van der Waals surface area contributed by atoms with Crippen LogP contribution in [0.4, 0.5) is 0 Å². The predicted octanol–water partition coefficient (Wildman–Crippen LogP) is 1.42. The highest BCUT2D eigenvalue weighted by Gasteiger charge is 2.26.